The molecule has 2 rings (SSSR count). The Bertz CT molecular complexity index is 614. The second kappa shape index (κ2) is 7.07. The number of rotatable bonds is 6. The number of hydrogen-bond acceptors (Lipinski definition) is 3. The van der Waals surface area contributed by atoms with E-state index >= 15 is 0 Å². The van der Waals surface area contributed by atoms with Gasteiger partial charge in [0.2, 0.25) is 0 Å². The lowest BCUT2D eigenvalue weighted by atomic mass is 9.95. The first-order chi connectivity index (χ1) is 10.4. The summed E-state index contributed by atoms with van der Waals surface area (Å²) in [6.07, 6.45) is 0.494. The summed E-state index contributed by atoms with van der Waals surface area (Å²) in [7, 11) is 0. The third-order valence-electron chi connectivity index (χ3n) is 3.50. The van der Waals surface area contributed by atoms with Crippen molar-refractivity contribution in [2.24, 2.45) is 0 Å². The lowest BCUT2D eigenvalue weighted by molar-refractivity contribution is -0.139. The van der Waals surface area contributed by atoms with Crippen molar-refractivity contribution >= 4 is 17.3 Å². The van der Waals surface area contributed by atoms with Gasteiger partial charge < -0.3 is 5.11 Å². The first-order valence-electron chi connectivity index (χ1n) is 7.45. The van der Waals surface area contributed by atoms with Gasteiger partial charge in [-0.1, -0.05) is 51.1 Å². The maximum atomic E-state index is 11.4. The quantitative estimate of drug-likeness (QED) is 0.851. The summed E-state index contributed by atoms with van der Waals surface area (Å²) in [6.45, 7) is 7.15. The maximum absolute atomic E-state index is 11.4. The van der Waals surface area contributed by atoms with Crippen molar-refractivity contribution in [2.75, 3.05) is 0 Å². The van der Waals surface area contributed by atoms with Crippen LogP contribution in [0, 0.1) is 0 Å². The van der Waals surface area contributed by atoms with Gasteiger partial charge in [0, 0.05) is 16.3 Å². The van der Waals surface area contributed by atoms with E-state index in [9.17, 15) is 9.90 Å². The van der Waals surface area contributed by atoms with E-state index < -0.39 is 12.0 Å². The zero-order chi connectivity index (χ0) is 16.2. The fraction of sp³-hybridized carbons (Fsp3) is 0.389. The maximum Gasteiger partial charge on any atom is 0.321 e. The Balaban J connectivity index is 1.97. The summed E-state index contributed by atoms with van der Waals surface area (Å²) in [4.78, 5) is 13.9. The third kappa shape index (κ3) is 4.68. The van der Waals surface area contributed by atoms with Crippen LogP contribution in [-0.2, 0) is 23.2 Å². The van der Waals surface area contributed by atoms with Crippen LogP contribution in [0.1, 0.15) is 36.1 Å². The summed E-state index contributed by atoms with van der Waals surface area (Å²) >= 11 is 1.74. The van der Waals surface area contributed by atoms with Crippen molar-refractivity contribution in [3.05, 3.63) is 57.8 Å². The van der Waals surface area contributed by atoms with E-state index in [4.69, 9.17) is 0 Å². The lowest BCUT2D eigenvalue weighted by Crippen LogP contribution is -2.37. The number of carboxylic acids is 1. The van der Waals surface area contributed by atoms with E-state index in [-0.39, 0.29) is 5.41 Å². The highest BCUT2D eigenvalue weighted by atomic mass is 32.1. The minimum absolute atomic E-state index is 0.138. The standard InChI is InChI=1S/C18H23NO2S/c1-18(2,3)16-10-9-14(22-16)12-19-15(17(20)21)11-13-7-5-4-6-8-13/h4-10,15,19H,11-12H2,1-3H3,(H,20,21)/t15-/m1/s1. The van der Waals surface area contributed by atoms with Crippen LogP contribution < -0.4 is 5.32 Å². The molecule has 2 N–H and O–H groups in total. The SMILES string of the molecule is CC(C)(C)c1ccc(CN[C@H](Cc2ccccc2)C(=O)O)s1. The van der Waals surface area contributed by atoms with Gasteiger partial charge in [-0.3, -0.25) is 10.1 Å². The molecule has 4 heteroatoms. The average molecular weight is 317 g/mol. The minimum atomic E-state index is -0.809. The van der Waals surface area contributed by atoms with Crippen LogP contribution in [0.4, 0.5) is 0 Å². The van der Waals surface area contributed by atoms with Gasteiger partial charge in [-0.15, -0.1) is 11.3 Å². The van der Waals surface area contributed by atoms with Crippen molar-refractivity contribution in [2.45, 2.75) is 45.2 Å². The minimum Gasteiger partial charge on any atom is -0.480 e. The molecule has 0 saturated heterocycles. The molecule has 0 aliphatic heterocycles. The molecule has 1 aromatic heterocycles. The number of hydrogen-bond donors (Lipinski definition) is 2. The molecule has 0 bridgehead atoms. The van der Waals surface area contributed by atoms with Crippen molar-refractivity contribution < 1.29 is 9.90 Å². The zero-order valence-corrected chi connectivity index (χ0v) is 14.1. The number of carbonyl (C=O) groups is 1. The molecule has 0 aliphatic carbocycles. The summed E-state index contributed by atoms with van der Waals surface area (Å²) in [5.74, 6) is -0.809. The zero-order valence-electron chi connectivity index (χ0n) is 13.3. The highest BCUT2D eigenvalue weighted by Gasteiger charge is 2.19. The molecule has 0 aliphatic rings. The summed E-state index contributed by atoms with van der Waals surface area (Å²) < 4.78 is 0. The Morgan fingerprint density at radius 1 is 1.18 bits per heavy atom. The summed E-state index contributed by atoms with van der Waals surface area (Å²) in [6, 6.07) is 13.4. The van der Waals surface area contributed by atoms with E-state index in [1.54, 1.807) is 11.3 Å². The fourth-order valence-electron chi connectivity index (χ4n) is 2.20. The van der Waals surface area contributed by atoms with Crippen molar-refractivity contribution in [1.29, 1.82) is 0 Å². The highest BCUT2D eigenvalue weighted by Crippen LogP contribution is 2.29. The van der Waals surface area contributed by atoms with Gasteiger partial charge in [0.1, 0.15) is 6.04 Å². The molecule has 0 radical (unpaired) electrons. The van der Waals surface area contributed by atoms with Crippen molar-refractivity contribution in [1.82, 2.24) is 5.32 Å². The van der Waals surface area contributed by atoms with Crippen molar-refractivity contribution in [3.63, 3.8) is 0 Å². The Morgan fingerprint density at radius 3 is 2.41 bits per heavy atom. The normalized spacial score (nSPS) is 13.0. The average Bonchev–Trinajstić information content (AvgIpc) is 2.93. The Hall–Kier alpha value is -1.65. The predicted molar refractivity (Wildman–Crippen MR) is 91.4 cm³/mol. The van der Waals surface area contributed by atoms with Gasteiger partial charge in [-0.05, 0) is 29.5 Å². The molecule has 22 heavy (non-hydrogen) atoms. The van der Waals surface area contributed by atoms with Crippen LogP contribution >= 0.6 is 11.3 Å². The topological polar surface area (TPSA) is 49.3 Å². The smallest absolute Gasteiger partial charge is 0.321 e. The van der Waals surface area contributed by atoms with E-state index in [0.717, 1.165) is 5.56 Å². The monoisotopic (exact) mass is 317 g/mol. The van der Waals surface area contributed by atoms with Gasteiger partial charge in [0.05, 0.1) is 0 Å². The van der Waals surface area contributed by atoms with Crippen LogP contribution in [0.5, 0.6) is 0 Å². The first-order valence-corrected chi connectivity index (χ1v) is 8.27. The van der Waals surface area contributed by atoms with Gasteiger partial charge in [0.25, 0.3) is 0 Å². The van der Waals surface area contributed by atoms with Crippen LogP contribution in [0.15, 0.2) is 42.5 Å². The number of benzene rings is 1. The Morgan fingerprint density at radius 2 is 1.86 bits per heavy atom. The summed E-state index contributed by atoms with van der Waals surface area (Å²) in [5.41, 5.74) is 1.17. The first kappa shape index (κ1) is 16.7. The summed E-state index contributed by atoms with van der Waals surface area (Å²) in [5, 5.41) is 12.5. The third-order valence-corrected chi connectivity index (χ3v) is 5.02. The van der Waals surface area contributed by atoms with Crippen molar-refractivity contribution in [3.8, 4) is 0 Å². The fourth-order valence-corrected chi connectivity index (χ4v) is 3.21. The molecule has 0 fully saturated rings. The molecule has 1 heterocycles. The number of thiophene rings is 1. The second-order valence-corrected chi connectivity index (χ2v) is 7.65. The molecule has 118 valence electrons. The molecular weight excluding hydrogens is 294 g/mol. The number of aliphatic carboxylic acids is 1. The van der Waals surface area contributed by atoms with Crippen LogP contribution in [-0.4, -0.2) is 17.1 Å². The molecule has 0 unspecified atom stereocenters. The van der Waals surface area contributed by atoms with E-state index in [0.29, 0.717) is 13.0 Å². The van der Waals surface area contributed by atoms with E-state index in [1.165, 1.54) is 9.75 Å². The molecule has 1 aromatic carbocycles. The van der Waals surface area contributed by atoms with Crippen LogP contribution in [0.25, 0.3) is 0 Å². The van der Waals surface area contributed by atoms with E-state index in [2.05, 4.69) is 38.2 Å². The molecular formula is C18H23NO2S. The number of nitrogens with one attached hydrogen (secondary N) is 1. The molecule has 0 spiro atoms. The largest absolute Gasteiger partial charge is 0.480 e. The molecule has 0 saturated carbocycles. The van der Waals surface area contributed by atoms with Gasteiger partial charge in [0.15, 0.2) is 0 Å². The second-order valence-electron chi connectivity index (χ2n) is 6.48. The highest BCUT2D eigenvalue weighted by molar-refractivity contribution is 7.12. The van der Waals surface area contributed by atoms with Gasteiger partial charge in [-0.25, -0.2) is 0 Å². The lowest BCUT2D eigenvalue weighted by Gasteiger charge is -2.16. The predicted octanol–water partition coefficient (Wildman–Crippen LogP) is 3.83. The molecule has 2 aromatic rings. The van der Waals surface area contributed by atoms with Crippen LogP contribution in [0.3, 0.4) is 0 Å². The van der Waals surface area contributed by atoms with Crippen LogP contribution in [0.2, 0.25) is 0 Å². The van der Waals surface area contributed by atoms with Gasteiger partial charge in [-0.2, -0.15) is 0 Å². The Kier molecular flexibility index (Phi) is 5.37. The van der Waals surface area contributed by atoms with Gasteiger partial charge >= 0.3 is 5.97 Å². The molecule has 0 amide bonds. The number of carboxylic acid groups (broad SMARTS) is 1. The molecule has 1 atom stereocenters. The molecule has 3 nitrogen and oxygen atoms in total. The van der Waals surface area contributed by atoms with E-state index in [1.807, 2.05) is 30.3 Å². The Labute approximate surface area is 136 Å².